The third-order valence-corrected chi connectivity index (χ3v) is 6.03. The van der Waals surface area contributed by atoms with Crippen molar-refractivity contribution in [1.29, 1.82) is 0 Å². The highest BCUT2D eigenvalue weighted by Crippen LogP contribution is 2.46. The van der Waals surface area contributed by atoms with Crippen LogP contribution in [0.4, 0.5) is 0 Å². The van der Waals surface area contributed by atoms with Gasteiger partial charge in [-0.2, -0.15) is 0 Å². The molecule has 0 radical (unpaired) electrons. The van der Waals surface area contributed by atoms with Crippen molar-refractivity contribution in [1.82, 2.24) is 4.98 Å². The predicted octanol–water partition coefficient (Wildman–Crippen LogP) is 4.33. The number of unbranched alkanes of at least 4 members (excludes halogenated alkanes) is 4. The SMILES string of the molecule is C/C=C/c1cc2c(cn1)C(=O)[C@@]1(C)OC(=O)[C@@H](C(=O)CCCCCCC)[C@@H]1C2. The van der Waals surface area contributed by atoms with Gasteiger partial charge in [-0.05, 0) is 44.4 Å². The molecule has 3 rings (SSSR count). The maximum atomic E-state index is 13.1. The number of fused-ring (bicyclic) bond motifs is 2. The molecule has 1 aliphatic carbocycles. The molecule has 2 heterocycles. The van der Waals surface area contributed by atoms with Crippen molar-refractivity contribution in [2.45, 2.75) is 71.3 Å². The molecule has 0 unspecified atom stereocenters. The van der Waals surface area contributed by atoms with Gasteiger partial charge in [0, 0.05) is 24.1 Å². The second-order valence-corrected chi connectivity index (χ2v) is 8.04. The molecular formula is C23H29NO4. The Hall–Kier alpha value is -2.30. The number of ether oxygens (including phenoxy) is 1. The average Bonchev–Trinajstić information content (AvgIpc) is 2.92. The molecule has 5 nitrogen and oxygen atoms in total. The van der Waals surface area contributed by atoms with Crippen LogP contribution in [0.25, 0.3) is 6.08 Å². The lowest BCUT2D eigenvalue weighted by molar-refractivity contribution is -0.149. The van der Waals surface area contributed by atoms with Gasteiger partial charge in [-0.3, -0.25) is 19.4 Å². The molecule has 0 bridgehead atoms. The molecule has 0 N–H and O–H groups in total. The Morgan fingerprint density at radius 3 is 2.75 bits per heavy atom. The molecule has 1 aromatic rings. The minimum absolute atomic E-state index is 0.0887. The maximum Gasteiger partial charge on any atom is 0.317 e. The zero-order chi connectivity index (χ0) is 20.3. The molecule has 1 aromatic heterocycles. The van der Waals surface area contributed by atoms with Crippen LogP contribution in [0.1, 0.15) is 80.9 Å². The molecule has 5 heteroatoms. The lowest BCUT2D eigenvalue weighted by Gasteiger charge is -2.34. The zero-order valence-corrected chi connectivity index (χ0v) is 17.0. The van der Waals surface area contributed by atoms with Crippen molar-refractivity contribution < 1.29 is 19.1 Å². The normalized spacial score (nSPS) is 26.2. The van der Waals surface area contributed by atoms with Crippen molar-refractivity contribution >= 4 is 23.6 Å². The average molecular weight is 383 g/mol. The van der Waals surface area contributed by atoms with E-state index in [0.29, 0.717) is 18.4 Å². The first-order valence-electron chi connectivity index (χ1n) is 10.3. The van der Waals surface area contributed by atoms with Crippen molar-refractivity contribution in [3.05, 3.63) is 35.2 Å². The number of ketones is 2. The molecule has 0 amide bonds. The summed E-state index contributed by atoms with van der Waals surface area (Å²) < 4.78 is 5.53. The Kier molecular flexibility index (Phi) is 6.11. The lowest BCUT2D eigenvalue weighted by Crippen LogP contribution is -2.47. The van der Waals surface area contributed by atoms with Crippen molar-refractivity contribution in [2.24, 2.45) is 11.8 Å². The molecule has 3 atom stereocenters. The molecule has 1 fully saturated rings. The van der Waals surface area contributed by atoms with Gasteiger partial charge in [0.15, 0.2) is 5.60 Å². The van der Waals surface area contributed by atoms with E-state index in [1.165, 1.54) is 0 Å². The van der Waals surface area contributed by atoms with Crippen molar-refractivity contribution in [3.63, 3.8) is 0 Å². The summed E-state index contributed by atoms with van der Waals surface area (Å²) in [6.07, 6.45) is 11.3. The van der Waals surface area contributed by atoms with E-state index in [4.69, 9.17) is 4.74 Å². The van der Waals surface area contributed by atoms with Gasteiger partial charge in [0.25, 0.3) is 0 Å². The largest absolute Gasteiger partial charge is 0.450 e. The van der Waals surface area contributed by atoms with Crippen LogP contribution in [-0.2, 0) is 20.7 Å². The topological polar surface area (TPSA) is 73.3 Å². The van der Waals surface area contributed by atoms with Crippen LogP contribution >= 0.6 is 0 Å². The zero-order valence-electron chi connectivity index (χ0n) is 17.0. The van der Waals surface area contributed by atoms with Gasteiger partial charge in [-0.15, -0.1) is 0 Å². The second-order valence-electron chi connectivity index (χ2n) is 8.04. The van der Waals surface area contributed by atoms with E-state index in [2.05, 4.69) is 11.9 Å². The van der Waals surface area contributed by atoms with E-state index in [1.807, 2.05) is 25.1 Å². The van der Waals surface area contributed by atoms with Crippen molar-refractivity contribution in [2.75, 3.05) is 0 Å². The molecule has 0 aromatic carbocycles. The first-order valence-corrected chi connectivity index (χ1v) is 10.3. The number of nitrogens with zero attached hydrogens (tertiary/aromatic N) is 1. The number of pyridine rings is 1. The number of rotatable bonds is 8. The van der Waals surface area contributed by atoms with Crippen LogP contribution < -0.4 is 0 Å². The Morgan fingerprint density at radius 2 is 2.04 bits per heavy atom. The van der Waals surface area contributed by atoms with E-state index in [9.17, 15) is 14.4 Å². The number of hydrogen-bond acceptors (Lipinski definition) is 5. The molecule has 1 aliphatic heterocycles. The number of esters is 1. The number of aromatic nitrogens is 1. The Morgan fingerprint density at radius 1 is 1.29 bits per heavy atom. The number of carbonyl (C=O) groups is 3. The van der Waals surface area contributed by atoms with Gasteiger partial charge in [0.05, 0.1) is 5.69 Å². The third kappa shape index (κ3) is 3.67. The minimum atomic E-state index is -1.27. The molecular weight excluding hydrogens is 354 g/mol. The molecule has 0 spiro atoms. The summed E-state index contributed by atoms with van der Waals surface area (Å²) in [7, 11) is 0. The van der Waals surface area contributed by atoms with Crippen LogP contribution in [0.2, 0.25) is 0 Å². The molecule has 2 aliphatic rings. The second kappa shape index (κ2) is 8.38. The van der Waals surface area contributed by atoms with Gasteiger partial charge in [0.2, 0.25) is 5.78 Å². The van der Waals surface area contributed by atoms with Gasteiger partial charge in [-0.25, -0.2) is 0 Å². The van der Waals surface area contributed by atoms with E-state index < -0.39 is 23.4 Å². The van der Waals surface area contributed by atoms with E-state index in [-0.39, 0.29) is 11.6 Å². The van der Waals surface area contributed by atoms with Crippen LogP contribution in [0.15, 0.2) is 18.3 Å². The summed E-state index contributed by atoms with van der Waals surface area (Å²) in [5.74, 6) is -2.16. The summed E-state index contributed by atoms with van der Waals surface area (Å²) >= 11 is 0. The fraction of sp³-hybridized carbons (Fsp3) is 0.565. The minimum Gasteiger partial charge on any atom is -0.450 e. The lowest BCUT2D eigenvalue weighted by atomic mass is 9.68. The van der Waals surface area contributed by atoms with Gasteiger partial charge < -0.3 is 4.74 Å². The molecule has 0 saturated carbocycles. The van der Waals surface area contributed by atoms with E-state index in [0.717, 1.165) is 43.4 Å². The summed E-state index contributed by atoms with van der Waals surface area (Å²) in [6.45, 7) is 5.70. The van der Waals surface area contributed by atoms with E-state index >= 15 is 0 Å². The number of Topliss-reactive ketones (excluding diaryl/α,β-unsaturated/α-hetero) is 2. The van der Waals surface area contributed by atoms with Crippen LogP contribution in [0, 0.1) is 11.8 Å². The monoisotopic (exact) mass is 383 g/mol. The fourth-order valence-electron chi connectivity index (χ4n) is 4.43. The smallest absolute Gasteiger partial charge is 0.317 e. The van der Waals surface area contributed by atoms with Gasteiger partial charge in [-0.1, -0.05) is 38.7 Å². The quantitative estimate of drug-likeness (QED) is 0.379. The van der Waals surface area contributed by atoms with Crippen LogP contribution in [0.3, 0.4) is 0 Å². The summed E-state index contributed by atoms with van der Waals surface area (Å²) in [4.78, 5) is 42.8. The fourth-order valence-corrected chi connectivity index (χ4v) is 4.43. The number of carbonyl (C=O) groups excluding carboxylic acids is 3. The first kappa shape index (κ1) is 20.4. The molecule has 1 saturated heterocycles. The first-order chi connectivity index (χ1) is 13.4. The Labute approximate surface area is 166 Å². The summed E-state index contributed by atoms with van der Waals surface area (Å²) in [5, 5.41) is 0. The third-order valence-electron chi connectivity index (χ3n) is 6.03. The summed E-state index contributed by atoms with van der Waals surface area (Å²) in [6, 6.07) is 1.88. The maximum absolute atomic E-state index is 13.1. The summed E-state index contributed by atoms with van der Waals surface area (Å²) in [5.41, 5.74) is 0.833. The predicted molar refractivity (Wildman–Crippen MR) is 107 cm³/mol. The Balaban J connectivity index is 1.81. The molecule has 150 valence electrons. The van der Waals surface area contributed by atoms with Crippen molar-refractivity contribution in [3.8, 4) is 0 Å². The van der Waals surface area contributed by atoms with Gasteiger partial charge >= 0.3 is 5.97 Å². The number of allylic oxidation sites excluding steroid dienone is 1. The van der Waals surface area contributed by atoms with Gasteiger partial charge in [0.1, 0.15) is 11.7 Å². The van der Waals surface area contributed by atoms with E-state index in [1.54, 1.807) is 13.1 Å². The highest BCUT2D eigenvalue weighted by Gasteiger charge is 2.61. The standard InChI is InChI=1S/C23H29NO4/c1-4-6-7-8-9-11-19(25)20-18-13-15-12-16(10-5-2)24-14-17(15)21(26)23(18,3)28-22(20)27/h5,10,12,14,18,20H,4,6-9,11,13H2,1-3H3/b10-5+/t18-,20+,23-/m0/s1. The number of hydrogen-bond donors (Lipinski definition) is 0. The highest BCUT2D eigenvalue weighted by molar-refractivity contribution is 6.11. The molecule has 28 heavy (non-hydrogen) atoms. The highest BCUT2D eigenvalue weighted by atomic mass is 16.6. The van der Waals surface area contributed by atoms with Crippen LogP contribution in [0.5, 0.6) is 0 Å². The Bertz CT molecular complexity index is 813. The van der Waals surface area contributed by atoms with Crippen LogP contribution in [-0.4, -0.2) is 28.1 Å².